The maximum absolute atomic E-state index is 11.1. The van der Waals surface area contributed by atoms with Crippen LogP contribution in [0.25, 0.3) is 0 Å². The monoisotopic (exact) mass is 256 g/mol. The Balaban J connectivity index is 2.61. The van der Waals surface area contributed by atoms with Crippen LogP contribution in [0.15, 0.2) is 30.3 Å². The zero-order chi connectivity index (χ0) is 12.9. The summed E-state index contributed by atoms with van der Waals surface area (Å²) in [5.41, 5.74) is 1.21. The first kappa shape index (κ1) is 14.2. The highest BCUT2D eigenvalue weighted by Gasteiger charge is 2.14. The number of likely N-dealkylation sites (N-methyl/N-ethyl adjacent to an activating group) is 1. The standard InChI is InChI=1S/C12H20N2O2S/c1-14(2)12(10-13-17(3,15)16)9-11-7-5-4-6-8-11/h4-8,12-13H,9-10H2,1-3H3. The number of nitrogens with zero attached hydrogens (tertiary/aromatic N) is 1. The Labute approximate surface area is 104 Å². The average Bonchev–Trinajstić information content (AvgIpc) is 2.24. The fourth-order valence-corrected chi connectivity index (χ4v) is 2.07. The van der Waals surface area contributed by atoms with E-state index in [0.29, 0.717) is 6.54 Å². The molecule has 17 heavy (non-hydrogen) atoms. The summed E-state index contributed by atoms with van der Waals surface area (Å²) in [6, 6.07) is 10.2. The lowest BCUT2D eigenvalue weighted by Crippen LogP contribution is -2.41. The second-order valence-electron chi connectivity index (χ2n) is 4.43. The summed E-state index contributed by atoms with van der Waals surface area (Å²) in [7, 11) is 0.790. The highest BCUT2D eigenvalue weighted by Crippen LogP contribution is 2.06. The van der Waals surface area contributed by atoms with Gasteiger partial charge in [0, 0.05) is 12.6 Å². The minimum Gasteiger partial charge on any atom is -0.305 e. The van der Waals surface area contributed by atoms with Gasteiger partial charge in [0.15, 0.2) is 0 Å². The van der Waals surface area contributed by atoms with E-state index in [4.69, 9.17) is 0 Å². The van der Waals surface area contributed by atoms with Gasteiger partial charge in [0.05, 0.1) is 6.26 Å². The number of sulfonamides is 1. The Morgan fingerprint density at radius 1 is 1.24 bits per heavy atom. The Morgan fingerprint density at radius 2 is 1.82 bits per heavy atom. The van der Waals surface area contributed by atoms with Gasteiger partial charge in [-0.1, -0.05) is 30.3 Å². The topological polar surface area (TPSA) is 49.4 Å². The minimum absolute atomic E-state index is 0.159. The Kier molecular flexibility index (Phi) is 5.11. The van der Waals surface area contributed by atoms with Crippen LogP contribution in [0, 0.1) is 0 Å². The van der Waals surface area contributed by atoms with Crippen LogP contribution in [0.1, 0.15) is 5.56 Å². The first-order valence-corrected chi connectivity index (χ1v) is 7.42. The summed E-state index contributed by atoms with van der Waals surface area (Å²) in [5.74, 6) is 0. The predicted octanol–water partition coefficient (Wildman–Crippen LogP) is 0.709. The quantitative estimate of drug-likeness (QED) is 0.815. The number of rotatable bonds is 6. The molecular formula is C12H20N2O2S. The van der Waals surface area contributed by atoms with E-state index in [1.165, 1.54) is 11.8 Å². The van der Waals surface area contributed by atoms with Crippen molar-refractivity contribution in [1.29, 1.82) is 0 Å². The van der Waals surface area contributed by atoms with E-state index in [1.807, 2.05) is 37.2 Å². The molecule has 1 atom stereocenters. The largest absolute Gasteiger partial charge is 0.305 e. The number of hydrogen-bond donors (Lipinski definition) is 1. The molecule has 0 radical (unpaired) electrons. The van der Waals surface area contributed by atoms with Crippen molar-refractivity contribution in [3.05, 3.63) is 35.9 Å². The molecule has 0 amide bonds. The van der Waals surface area contributed by atoms with E-state index in [0.717, 1.165) is 6.42 Å². The molecule has 0 fully saturated rings. The second-order valence-corrected chi connectivity index (χ2v) is 6.26. The molecule has 0 aliphatic rings. The van der Waals surface area contributed by atoms with Crippen LogP contribution in [0.3, 0.4) is 0 Å². The third kappa shape index (κ3) is 5.81. The van der Waals surface area contributed by atoms with E-state index in [-0.39, 0.29) is 6.04 Å². The lowest BCUT2D eigenvalue weighted by molar-refractivity contribution is 0.292. The van der Waals surface area contributed by atoms with Crippen LogP contribution in [-0.2, 0) is 16.4 Å². The van der Waals surface area contributed by atoms with E-state index < -0.39 is 10.0 Å². The van der Waals surface area contributed by atoms with Crippen molar-refractivity contribution in [2.75, 3.05) is 26.9 Å². The highest BCUT2D eigenvalue weighted by molar-refractivity contribution is 7.88. The summed E-state index contributed by atoms with van der Waals surface area (Å²) < 4.78 is 24.7. The van der Waals surface area contributed by atoms with Crippen LogP contribution in [-0.4, -0.2) is 46.3 Å². The van der Waals surface area contributed by atoms with E-state index in [9.17, 15) is 8.42 Å². The van der Waals surface area contributed by atoms with Crippen LogP contribution in [0.5, 0.6) is 0 Å². The molecule has 0 aromatic heterocycles. The normalized spacial score (nSPS) is 13.9. The molecule has 1 unspecified atom stereocenters. The molecule has 0 saturated carbocycles. The molecular weight excluding hydrogens is 236 g/mol. The molecule has 1 N–H and O–H groups in total. The van der Waals surface area contributed by atoms with Crippen LogP contribution in [0.4, 0.5) is 0 Å². The van der Waals surface area contributed by atoms with Gasteiger partial charge >= 0.3 is 0 Å². The van der Waals surface area contributed by atoms with Gasteiger partial charge in [-0.25, -0.2) is 13.1 Å². The number of hydrogen-bond acceptors (Lipinski definition) is 3. The van der Waals surface area contributed by atoms with Gasteiger partial charge in [0.25, 0.3) is 0 Å². The number of nitrogens with one attached hydrogen (secondary N) is 1. The molecule has 0 heterocycles. The van der Waals surface area contributed by atoms with Gasteiger partial charge in [0.2, 0.25) is 10.0 Å². The summed E-state index contributed by atoms with van der Waals surface area (Å²) >= 11 is 0. The lowest BCUT2D eigenvalue weighted by atomic mass is 10.1. The third-order valence-corrected chi connectivity index (χ3v) is 3.32. The maximum Gasteiger partial charge on any atom is 0.208 e. The minimum atomic E-state index is -3.12. The molecule has 96 valence electrons. The summed E-state index contributed by atoms with van der Waals surface area (Å²) in [4.78, 5) is 2.03. The van der Waals surface area contributed by atoms with Crippen molar-refractivity contribution in [2.24, 2.45) is 0 Å². The molecule has 1 rings (SSSR count). The first-order valence-electron chi connectivity index (χ1n) is 5.53. The highest BCUT2D eigenvalue weighted by atomic mass is 32.2. The van der Waals surface area contributed by atoms with Gasteiger partial charge in [-0.2, -0.15) is 0 Å². The van der Waals surface area contributed by atoms with Crippen LogP contribution < -0.4 is 4.72 Å². The van der Waals surface area contributed by atoms with Crippen molar-refractivity contribution in [2.45, 2.75) is 12.5 Å². The molecule has 0 aliphatic carbocycles. The second kappa shape index (κ2) is 6.14. The molecule has 0 aliphatic heterocycles. The van der Waals surface area contributed by atoms with Crippen molar-refractivity contribution >= 4 is 10.0 Å². The van der Waals surface area contributed by atoms with E-state index in [1.54, 1.807) is 0 Å². The zero-order valence-electron chi connectivity index (χ0n) is 10.6. The zero-order valence-corrected chi connectivity index (χ0v) is 11.4. The van der Waals surface area contributed by atoms with Crippen LogP contribution in [0.2, 0.25) is 0 Å². The first-order chi connectivity index (χ1) is 7.88. The smallest absolute Gasteiger partial charge is 0.208 e. The predicted molar refractivity (Wildman–Crippen MR) is 70.5 cm³/mol. The van der Waals surface area contributed by atoms with E-state index in [2.05, 4.69) is 16.9 Å². The molecule has 1 aromatic rings. The average molecular weight is 256 g/mol. The fraction of sp³-hybridized carbons (Fsp3) is 0.500. The third-order valence-electron chi connectivity index (χ3n) is 2.63. The summed E-state index contributed by atoms with van der Waals surface area (Å²) in [6.45, 7) is 0.431. The molecule has 0 spiro atoms. The Bertz CT molecular complexity index is 429. The molecule has 1 aromatic carbocycles. The van der Waals surface area contributed by atoms with Crippen molar-refractivity contribution < 1.29 is 8.42 Å². The van der Waals surface area contributed by atoms with E-state index >= 15 is 0 Å². The van der Waals surface area contributed by atoms with Crippen molar-refractivity contribution in [3.8, 4) is 0 Å². The Morgan fingerprint density at radius 3 is 2.29 bits per heavy atom. The van der Waals surface area contributed by atoms with Crippen LogP contribution >= 0.6 is 0 Å². The molecule has 0 saturated heterocycles. The fourth-order valence-electron chi connectivity index (χ4n) is 1.57. The molecule has 0 bridgehead atoms. The SMILES string of the molecule is CN(C)C(CNS(C)(=O)=O)Cc1ccccc1. The maximum atomic E-state index is 11.1. The summed E-state index contributed by atoms with van der Waals surface area (Å²) in [5, 5.41) is 0. The van der Waals surface area contributed by atoms with Crippen molar-refractivity contribution in [1.82, 2.24) is 9.62 Å². The van der Waals surface area contributed by atoms with Gasteiger partial charge in [-0.3, -0.25) is 0 Å². The lowest BCUT2D eigenvalue weighted by Gasteiger charge is -2.24. The molecule has 4 nitrogen and oxygen atoms in total. The van der Waals surface area contributed by atoms with Gasteiger partial charge < -0.3 is 4.90 Å². The van der Waals surface area contributed by atoms with Crippen molar-refractivity contribution in [3.63, 3.8) is 0 Å². The van der Waals surface area contributed by atoms with Gasteiger partial charge in [-0.15, -0.1) is 0 Å². The van der Waals surface area contributed by atoms with Gasteiger partial charge in [-0.05, 0) is 26.1 Å². The Hall–Kier alpha value is -0.910. The molecule has 5 heteroatoms. The number of benzene rings is 1. The van der Waals surface area contributed by atoms with Gasteiger partial charge in [0.1, 0.15) is 0 Å². The summed E-state index contributed by atoms with van der Waals surface area (Å²) in [6.07, 6.45) is 2.01.